The van der Waals surface area contributed by atoms with Gasteiger partial charge in [-0.3, -0.25) is 0 Å². The minimum Gasteiger partial charge on any atom is -0.629 e. The Balaban J connectivity index is 1.84. The molecule has 1 atom stereocenters. The molecule has 0 amide bonds. The van der Waals surface area contributed by atoms with Crippen LogP contribution in [0.4, 0.5) is 5.69 Å². The zero-order valence-electron chi connectivity index (χ0n) is 18.9. The molecule has 4 aromatic rings. The predicted octanol–water partition coefficient (Wildman–Crippen LogP) is 3.92. The maximum Gasteiger partial charge on any atom is 0.204 e. The van der Waals surface area contributed by atoms with E-state index in [2.05, 4.69) is 9.97 Å². The summed E-state index contributed by atoms with van der Waals surface area (Å²) in [6.45, 7) is 4.10. The average Bonchev–Trinajstić information content (AvgIpc) is 3.55. The van der Waals surface area contributed by atoms with Crippen LogP contribution in [0.25, 0.3) is 33.1 Å². The maximum atomic E-state index is 13.2. The number of sulfone groups is 1. The molecular formula is C25H27N3O4S. The first-order valence-corrected chi connectivity index (χ1v) is 12.8. The zero-order chi connectivity index (χ0) is 23.3. The number of hydroxylamine groups is 1. The number of nitrogens with zero attached hydrogens (tertiary/aromatic N) is 1. The van der Waals surface area contributed by atoms with Crippen LogP contribution in [0, 0.1) is 18.0 Å². The van der Waals surface area contributed by atoms with E-state index in [-0.39, 0.29) is 15.7 Å². The van der Waals surface area contributed by atoms with Crippen LogP contribution in [0.1, 0.15) is 25.3 Å². The van der Waals surface area contributed by atoms with Gasteiger partial charge in [-0.05, 0) is 54.7 Å². The van der Waals surface area contributed by atoms with E-state index < -0.39 is 9.84 Å². The molecule has 1 unspecified atom stereocenters. The van der Waals surface area contributed by atoms with Gasteiger partial charge in [0.15, 0.2) is 15.5 Å². The number of rotatable bonds is 7. The van der Waals surface area contributed by atoms with Gasteiger partial charge in [-0.15, -0.1) is 0 Å². The van der Waals surface area contributed by atoms with Crippen molar-refractivity contribution < 1.29 is 18.2 Å². The highest BCUT2D eigenvalue weighted by Crippen LogP contribution is 2.43. The highest BCUT2D eigenvalue weighted by molar-refractivity contribution is 7.91. The fraction of sp³-hybridized carbons (Fsp3) is 0.320. The number of pyridine rings is 1. The average molecular weight is 466 g/mol. The van der Waals surface area contributed by atoms with Gasteiger partial charge in [-0.2, -0.15) is 0 Å². The fourth-order valence-corrected chi connectivity index (χ4v) is 5.33. The third kappa shape index (κ3) is 3.88. The van der Waals surface area contributed by atoms with Gasteiger partial charge >= 0.3 is 0 Å². The van der Waals surface area contributed by atoms with E-state index >= 15 is 0 Å². The van der Waals surface area contributed by atoms with Crippen LogP contribution in [0.5, 0.6) is 5.75 Å². The summed E-state index contributed by atoms with van der Waals surface area (Å²) in [6, 6.07) is 10.8. The van der Waals surface area contributed by atoms with E-state index in [4.69, 9.17) is 4.74 Å². The van der Waals surface area contributed by atoms with E-state index in [1.54, 1.807) is 38.4 Å². The van der Waals surface area contributed by atoms with Crippen molar-refractivity contribution in [1.29, 1.82) is 0 Å². The van der Waals surface area contributed by atoms with E-state index in [1.165, 1.54) is 0 Å². The lowest BCUT2D eigenvalue weighted by Gasteiger charge is -2.25. The van der Waals surface area contributed by atoms with E-state index in [1.807, 2.05) is 25.1 Å². The molecule has 2 aromatic carbocycles. The van der Waals surface area contributed by atoms with Gasteiger partial charge in [0.05, 0.1) is 29.8 Å². The molecule has 8 heteroatoms. The van der Waals surface area contributed by atoms with Crippen molar-refractivity contribution in [3.05, 3.63) is 53.4 Å². The molecular weight excluding hydrogens is 438 g/mol. The first-order chi connectivity index (χ1) is 15.8. The number of ether oxygens (including phenoxy) is 1. The Hall–Kier alpha value is -2.94. The molecule has 2 N–H and O–H groups in total. The molecule has 1 aliphatic rings. The Morgan fingerprint density at radius 3 is 2.73 bits per heavy atom. The molecule has 5 rings (SSSR count). The number of methoxy groups -OCH3 is 1. The topological polar surface area (TPSA) is 99.5 Å². The van der Waals surface area contributed by atoms with Gasteiger partial charge in [0.25, 0.3) is 0 Å². The van der Waals surface area contributed by atoms with E-state index in [9.17, 15) is 13.6 Å². The van der Waals surface area contributed by atoms with Crippen LogP contribution in [0.3, 0.4) is 0 Å². The van der Waals surface area contributed by atoms with E-state index in [0.29, 0.717) is 35.1 Å². The number of fused-ring (bicyclic) bond motifs is 3. The standard InChI is InChI=1S/C25H27N3O4S/c1-4-33(30,31)18-7-5-6-17(11-18)19-12-21(28(29)14-16-8-9-16)24(32-3)23-22(19)20-10-15(2)13-26-25(20)27-23/h5-7,10-13,16,28H,4,8-9,14H2,1-3H3,(H,26,27). The number of H-pyrrole nitrogens is 1. The molecule has 33 heavy (non-hydrogen) atoms. The van der Waals surface area contributed by atoms with Crippen molar-refractivity contribution >= 4 is 37.5 Å². The molecule has 7 nitrogen and oxygen atoms in total. The Bertz CT molecular complexity index is 1470. The summed E-state index contributed by atoms with van der Waals surface area (Å²) < 4.78 is 30.9. The van der Waals surface area contributed by atoms with Gasteiger partial charge in [0.1, 0.15) is 5.65 Å². The summed E-state index contributed by atoms with van der Waals surface area (Å²) in [5, 5.41) is 15.1. The molecule has 1 fully saturated rings. The third-order valence-corrected chi connectivity index (χ3v) is 8.11. The molecule has 0 radical (unpaired) electrons. The highest BCUT2D eigenvalue weighted by Gasteiger charge is 2.29. The van der Waals surface area contributed by atoms with Crippen LogP contribution < -0.4 is 9.80 Å². The summed E-state index contributed by atoms with van der Waals surface area (Å²) in [5.41, 5.74) is 4.44. The molecule has 2 aromatic heterocycles. The maximum absolute atomic E-state index is 13.2. The summed E-state index contributed by atoms with van der Waals surface area (Å²) >= 11 is 0. The van der Waals surface area contributed by atoms with Crippen molar-refractivity contribution in [2.24, 2.45) is 5.92 Å². The number of aromatic nitrogens is 2. The molecule has 1 aliphatic carbocycles. The second-order valence-electron chi connectivity index (χ2n) is 8.79. The second kappa shape index (κ2) is 8.13. The van der Waals surface area contributed by atoms with Crippen molar-refractivity contribution in [3.8, 4) is 16.9 Å². The zero-order valence-corrected chi connectivity index (χ0v) is 19.8. The fourth-order valence-electron chi connectivity index (χ4n) is 4.41. The minimum absolute atomic E-state index is 0.0236. The predicted molar refractivity (Wildman–Crippen MR) is 130 cm³/mol. The Kier molecular flexibility index (Phi) is 5.39. The summed E-state index contributed by atoms with van der Waals surface area (Å²) in [4.78, 5) is 8.16. The number of aromatic amines is 1. The Labute approximate surface area is 192 Å². The van der Waals surface area contributed by atoms with Crippen LogP contribution >= 0.6 is 0 Å². The lowest BCUT2D eigenvalue weighted by atomic mass is 9.98. The molecule has 0 saturated heterocycles. The molecule has 2 heterocycles. The van der Waals surface area contributed by atoms with Crippen molar-refractivity contribution in [1.82, 2.24) is 9.97 Å². The van der Waals surface area contributed by atoms with Crippen LogP contribution in [0.2, 0.25) is 0 Å². The van der Waals surface area contributed by atoms with Crippen molar-refractivity contribution in [3.63, 3.8) is 0 Å². The van der Waals surface area contributed by atoms with Crippen molar-refractivity contribution in [2.75, 3.05) is 19.4 Å². The van der Waals surface area contributed by atoms with Gasteiger partial charge in [0, 0.05) is 29.0 Å². The molecule has 172 valence electrons. The van der Waals surface area contributed by atoms with Gasteiger partial charge in [-0.1, -0.05) is 19.1 Å². The summed E-state index contributed by atoms with van der Waals surface area (Å²) in [6.07, 6.45) is 3.95. The van der Waals surface area contributed by atoms with E-state index in [0.717, 1.165) is 40.3 Å². The molecule has 0 bridgehead atoms. The number of hydrogen-bond acceptors (Lipinski definition) is 5. The Morgan fingerprint density at radius 2 is 2.03 bits per heavy atom. The SMILES string of the molecule is CCS(=O)(=O)c1cccc(-c2cc([NH+]([O-])CC3CC3)c(OC)c3[nH]c4ncc(C)cc4c23)c1. The van der Waals surface area contributed by atoms with Crippen LogP contribution in [-0.2, 0) is 9.84 Å². The first kappa shape index (κ1) is 21.9. The highest BCUT2D eigenvalue weighted by atomic mass is 32.2. The summed E-state index contributed by atoms with van der Waals surface area (Å²) in [7, 11) is -1.81. The second-order valence-corrected chi connectivity index (χ2v) is 11.1. The molecule has 0 spiro atoms. The lowest BCUT2D eigenvalue weighted by Crippen LogP contribution is -3.02. The van der Waals surface area contributed by atoms with Crippen LogP contribution in [0.15, 0.2) is 47.5 Å². The number of nitrogens with one attached hydrogen (secondary N) is 2. The number of aryl methyl sites for hydroxylation is 1. The van der Waals surface area contributed by atoms with Gasteiger partial charge < -0.3 is 20.0 Å². The van der Waals surface area contributed by atoms with Gasteiger partial charge in [-0.25, -0.2) is 13.4 Å². The quantitative estimate of drug-likeness (QED) is 0.403. The smallest absolute Gasteiger partial charge is 0.204 e. The first-order valence-electron chi connectivity index (χ1n) is 11.2. The normalized spacial score (nSPS) is 15.3. The monoisotopic (exact) mass is 465 g/mol. The summed E-state index contributed by atoms with van der Waals surface area (Å²) in [5.74, 6) is 0.967. The largest absolute Gasteiger partial charge is 0.629 e. The molecule has 0 aliphatic heterocycles. The minimum atomic E-state index is -3.38. The van der Waals surface area contributed by atoms with Gasteiger partial charge in [0.2, 0.25) is 5.75 Å². The number of quaternary nitrogens is 1. The molecule has 1 saturated carbocycles. The number of hydrogen-bond donors (Lipinski definition) is 2. The van der Waals surface area contributed by atoms with Crippen molar-refractivity contribution in [2.45, 2.75) is 31.6 Å². The Morgan fingerprint density at radius 1 is 1.24 bits per heavy atom. The van der Waals surface area contributed by atoms with Crippen LogP contribution in [-0.4, -0.2) is 37.8 Å². The number of benzene rings is 2. The lowest BCUT2D eigenvalue weighted by molar-refractivity contribution is -0.778. The third-order valence-electron chi connectivity index (χ3n) is 6.38.